The first-order valence-corrected chi connectivity index (χ1v) is 4.40. The van der Waals surface area contributed by atoms with E-state index in [1.54, 1.807) is 0 Å². The van der Waals surface area contributed by atoms with Crippen molar-refractivity contribution in [2.75, 3.05) is 0 Å². The van der Waals surface area contributed by atoms with E-state index < -0.39 is 5.38 Å². The van der Waals surface area contributed by atoms with Crippen LogP contribution in [0.25, 0.3) is 0 Å². The second-order valence-electron chi connectivity index (χ2n) is 2.59. The molecule has 0 aliphatic rings. The average molecular weight is 183 g/mol. The molecule has 12 heavy (non-hydrogen) atoms. The summed E-state index contributed by atoms with van der Waals surface area (Å²) in [6.45, 7) is 2.05. The van der Waals surface area contributed by atoms with E-state index >= 15 is 0 Å². The molecular weight excluding hydrogens is 172 g/mol. The van der Waals surface area contributed by atoms with E-state index in [9.17, 15) is 4.79 Å². The van der Waals surface area contributed by atoms with E-state index in [1.807, 2.05) is 31.2 Å². The van der Waals surface area contributed by atoms with E-state index in [1.165, 1.54) is 0 Å². The predicted octanol–water partition coefficient (Wildman–Crippen LogP) is 2.73. The lowest BCUT2D eigenvalue weighted by Gasteiger charge is -2.07. The Kier molecular flexibility index (Phi) is 3.30. The summed E-state index contributed by atoms with van der Waals surface area (Å²) >= 11 is 5.81. The minimum absolute atomic E-state index is 0.499. The molecule has 0 bridgehead atoms. The Labute approximate surface area is 77.4 Å². The Bertz CT molecular complexity index is 270. The summed E-state index contributed by atoms with van der Waals surface area (Å²) in [4.78, 5) is 10.4. The van der Waals surface area contributed by atoms with Gasteiger partial charge in [-0.15, -0.1) is 11.6 Å². The number of carbonyl (C=O) groups excluding carboxylic acids is 1. The molecule has 0 fully saturated rings. The minimum atomic E-state index is -0.499. The maximum absolute atomic E-state index is 10.4. The van der Waals surface area contributed by atoms with Crippen LogP contribution in [-0.2, 0) is 11.2 Å². The lowest BCUT2D eigenvalue weighted by atomic mass is 10.0. The number of alkyl halides is 1. The van der Waals surface area contributed by atoms with Crippen LogP contribution >= 0.6 is 11.6 Å². The highest BCUT2D eigenvalue weighted by Crippen LogP contribution is 2.21. The van der Waals surface area contributed by atoms with Gasteiger partial charge in [0, 0.05) is 0 Å². The fourth-order valence-corrected chi connectivity index (χ4v) is 1.41. The third-order valence-corrected chi connectivity index (χ3v) is 2.19. The van der Waals surface area contributed by atoms with Crippen LogP contribution in [0.3, 0.4) is 0 Å². The number of hydrogen-bond acceptors (Lipinski definition) is 1. The largest absolute Gasteiger partial charge is 0.301 e. The third kappa shape index (κ3) is 1.86. The van der Waals surface area contributed by atoms with Crippen molar-refractivity contribution in [3.05, 3.63) is 35.4 Å². The number of aldehydes is 1. The van der Waals surface area contributed by atoms with Gasteiger partial charge in [0.2, 0.25) is 0 Å². The van der Waals surface area contributed by atoms with Gasteiger partial charge in [-0.3, -0.25) is 0 Å². The SMILES string of the molecule is CCc1ccccc1C(Cl)C=O. The zero-order valence-electron chi connectivity index (χ0n) is 6.96. The quantitative estimate of drug-likeness (QED) is 0.519. The van der Waals surface area contributed by atoms with Gasteiger partial charge in [-0.25, -0.2) is 0 Å². The molecule has 0 radical (unpaired) electrons. The van der Waals surface area contributed by atoms with Gasteiger partial charge in [0.15, 0.2) is 0 Å². The molecule has 0 saturated carbocycles. The van der Waals surface area contributed by atoms with Gasteiger partial charge in [-0.2, -0.15) is 0 Å². The van der Waals surface area contributed by atoms with Crippen LogP contribution in [0.2, 0.25) is 0 Å². The fourth-order valence-electron chi connectivity index (χ4n) is 1.20. The number of rotatable bonds is 3. The fraction of sp³-hybridized carbons (Fsp3) is 0.300. The first-order valence-electron chi connectivity index (χ1n) is 3.96. The van der Waals surface area contributed by atoms with Gasteiger partial charge < -0.3 is 4.79 Å². The van der Waals surface area contributed by atoms with Gasteiger partial charge in [0.1, 0.15) is 11.7 Å². The van der Waals surface area contributed by atoms with Gasteiger partial charge >= 0.3 is 0 Å². The molecule has 1 aromatic rings. The van der Waals surface area contributed by atoms with Crippen LogP contribution in [0.15, 0.2) is 24.3 Å². The zero-order chi connectivity index (χ0) is 8.97. The topological polar surface area (TPSA) is 17.1 Å². The van der Waals surface area contributed by atoms with Crippen LogP contribution < -0.4 is 0 Å². The summed E-state index contributed by atoms with van der Waals surface area (Å²) in [7, 11) is 0. The minimum Gasteiger partial charge on any atom is -0.301 e. The summed E-state index contributed by atoms with van der Waals surface area (Å²) in [5, 5.41) is -0.499. The monoisotopic (exact) mass is 182 g/mol. The Balaban J connectivity index is 3.04. The standard InChI is InChI=1S/C10H11ClO/c1-2-8-5-3-4-6-9(8)10(11)7-12/h3-7,10H,2H2,1H3. The normalized spacial score (nSPS) is 12.5. The van der Waals surface area contributed by atoms with Gasteiger partial charge in [-0.05, 0) is 17.5 Å². The Morgan fingerprint density at radius 2 is 2.17 bits per heavy atom. The molecule has 0 heterocycles. The van der Waals surface area contributed by atoms with Crippen molar-refractivity contribution in [1.82, 2.24) is 0 Å². The van der Waals surface area contributed by atoms with Crippen LogP contribution in [0.4, 0.5) is 0 Å². The summed E-state index contributed by atoms with van der Waals surface area (Å²) in [6.07, 6.45) is 1.67. The van der Waals surface area contributed by atoms with Crippen molar-refractivity contribution in [3.63, 3.8) is 0 Å². The molecule has 0 spiro atoms. The van der Waals surface area contributed by atoms with Crippen molar-refractivity contribution in [2.45, 2.75) is 18.7 Å². The van der Waals surface area contributed by atoms with Crippen LogP contribution in [0.1, 0.15) is 23.4 Å². The van der Waals surface area contributed by atoms with Crippen molar-refractivity contribution < 1.29 is 4.79 Å². The van der Waals surface area contributed by atoms with Crippen molar-refractivity contribution in [3.8, 4) is 0 Å². The molecule has 0 aliphatic heterocycles. The first kappa shape index (κ1) is 9.27. The summed E-state index contributed by atoms with van der Waals surface area (Å²) in [5.74, 6) is 0. The summed E-state index contributed by atoms with van der Waals surface area (Å²) in [6, 6.07) is 7.74. The third-order valence-electron chi connectivity index (χ3n) is 1.85. The number of aryl methyl sites for hydroxylation is 1. The molecule has 0 N–H and O–H groups in total. The van der Waals surface area contributed by atoms with Crippen molar-refractivity contribution in [2.24, 2.45) is 0 Å². The highest BCUT2D eigenvalue weighted by Gasteiger charge is 2.08. The molecule has 0 saturated heterocycles. The molecule has 0 aliphatic carbocycles. The number of hydrogen-bond donors (Lipinski definition) is 0. The molecule has 2 heteroatoms. The zero-order valence-corrected chi connectivity index (χ0v) is 7.71. The molecule has 0 amide bonds. The number of carbonyl (C=O) groups is 1. The van der Waals surface area contributed by atoms with E-state index in [0.29, 0.717) is 0 Å². The second-order valence-corrected chi connectivity index (χ2v) is 3.06. The van der Waals surface area contributed by atoms with Crippen molar-refractivity contribution in [1.29, 1.82) is 0 Å². The Morgan fingerprint density at radius 3 is 2.75 bits per heavy atom. The van der Waals surface area contributed by atoms with Gasteiger partial charge in [0.25, 0.3) is 0 Å². The van der Waals surface area contributed by atoms with E-state index in [-0.39, 0.29) is 0 Å². The predicted molar refractivity (Wildman–Crippen MR) is 50.5 cm³/mol. The summed E-state index contributed by atoms with van der Waals surface area (Å²) < 4.78 is 0. The molecule has 1 nitrogen and oxygen atoms in total. The van der Waals surface area contributed by atoms with Gasteiger partial charge in [0.05, 0.1) is 0 Å². The second kappa shape index (κ2) is 4.27. The molecule has 1 rings (SSSR count). The molecule has 64 valence electrons. The number of benzene rings is 1. The van der Waals surface area contributed by atoms with Gasteiger partial charge in [-0.1, -0.05) is 31.2 Å². The van der Waals surface area contributed by atoms with E-state index in [2.05, 4.69) is 0 Å². The maximum atomic E-state index is 10.4. The first-order chi connectivity index (χ1) is 5.79. The molecule has 1 aromatic carbocycles. The Morgan fingerprint density at radius 1 is 1.50 bits per heavy atom. The lowest BCUT2D eigenvalue weighted by Crippen LogP contribution is -1.96. The molecular formula is C10H11ClO. The van der Waals surface area contributed by atoms with Crippen LogP contribution in [0.5, 0.6) is 0 Å². The highest BCUT2D eigenvalue weighted by molar-refractivity contribution is 6.27. The van der Waals surface area contributed by atoms with E-state index in [0.717, 1.165) is 23.8 Å². The number of halogens is 1. The Hall–Kier alpha value is -0.820. The molecule has 1 atom stereocenters. The smallest absolute Gasteiger partial charge is 0.142 e. The van der Waals surface area contributed by atoms with Crippen molar-refractivity contribution >= 4 is 17.9 Å². The lowest BCUT2D eigenvalue weighted by molar-refractivity contribution is -0.107. The highest BCUT2D eigenvalue weighted by atomic mass is 35.5. The maximum Gasteiger partial charge on any atom is 0.142 e. The van der Waals surface area contributed by atoms with Crippen LogP contribution in [-0.4, -0.2) is 6.29 Å². The van der Waals surface area contributed by atoms with E-state index in [4.69, 9.17) is 11.6 Å². The van der Waals surface area contributed by atoms with Crippen LogP contribution in [0, 0.1) is 0 Å². The molecule has 0 aromatic heterocycles. The summed E-state index contributed by atoms with van der Waals surface area (Å²) in [5.41, 5.74) is 2.07. The molecule has 1 unspecified atom stereocenters. The average Bonchev–Trinajstić information content (AvgIpc) is 2.16.